The van der Waals surface area contributed by atoms with E-state index in [0.717, 1.165) is 0 Å². The predicted octanol–water partition coefficient (Wildman–Crippen LogP) is -0.105. The molecule has 0 unspecified atom stereocenters. The maximum atomic E-state index is 11.0. The lowest BCUT2D eigenvalue weighted by molar-refractivity contribution is 0.136. The fraction of sp³-hybridized carbons (Fsp3) is 0.455. The summed E-state index contributed by atoms with van der Waals surface area (Å²) in [4.78, 5) is 22.7. The van der Waals surface area contributed by atoms with Crippen molar-refractivity contribution in [1.82, 2.24) is 24.5 Å². The number of hydrogen-bond acceptors (Lipinski definition) is 6. The summed E-state index contributed by atoms with van der Waals surface area (Å²) < 4.78 is 1.61. The van der Waals surface area contributed by atoms with Gasteiger partial charge in [-0.25, -0.2) is 4.79 Å². The summed E-state index contributed by atoms with van der Waals surface area (Å²) in [6.45, 7) is 3.33. The zero-order chi connectivity index (χ0) is 14.3. The van der Waals surface area contributed by atoms with Gasteiger partial charge in [0, 0.05) is 31.7 Å². The second-order valence-corrected chi connectivity index (χ2v) is 4.75. The van der Waals surface area contributed by atoms with Gasteiger partial charge in [0.25, 0.3) is 0 Å². The number of nitrogen functional groups attached to an aromatic ring is 1. The first-order chi connectivity index (χ1) is 9.56. The van der Waals surface area contributed by atoms with Crippen LogP contribution < -0.4 is 10.6 Å². The van der Waals surface area contributed by atoms with E-state index < -0.39 is 6.09 Å². The summed E-state index contributed by atoms with van der Waals surface area (Å²) in [5, 5.41) is 13.2. The van der Waals surface area contributed by atoms with Crippen LogP contribution in [-0.4, -0.2) is 61.4 Å². The number of amides is 1. The van der Waals surface area contributed by atoms with Gasteiger partial charge in [-0.15, -0.1) is 0 Å². The van der Waals surface area contributed by atoms with Crippen LogP contribution in [0, 0.1) is 0 Å². The van der Waals surface area contributed by atoms with Gasteiger partial charge in [-0.05, 0) is 6.92 Å². The Morgan fingerprint density at radius 1 is 1.45 bits per heavy atom. The highest BCUT2D eigenvalue weighted by Gasteiger charge is 2.29. The molecular weight excluding hydrogens is 262 g/mol. The molecule has 1 saturated heterocycles. The van der Waals surface area contributed by atoms with Crippen molar-refractivity contribution < 1.29 is 9.90 Å². The van der Waals surface area contributed by atoms with Crippen LogP contribution in [0.5, 0.6) is 0 Å². The van der Waals surface area contributed by atoms with Crippen LogP contribution in [0.4, 0.5) is 16.7 Å². The Kier molecular flexibility index (Phi) is 2.81. The number of nitrogens with two attached hydrogens (primary N) is 1. The van der Waals surface area contributed by atoms with Crippen molar-refractivity contribution in [2.24, 2.45) is 0 Å². The summed E-state index contributed by atoms with van der Waals surface area (Å²) in [6.07, 6.45) is 0.730. The van der Waals surface area contributed by atoms with Gasteiger partial charge in [-0.3, -0.25) is 0 Å². The summed E-state index contributed by atoms with van der Waals surface area (Å²) in [6, 6.07) is 1.74. The van der Waals surface area contributed by atoms with Crippen molar-refractivity contribution in [3.05, 3.63) is 12.3 Å². The Labute approximate surface area is 114 Å². The summed E-state index contributed by atoms with van der Waals surface area (Å²) in [7, 11) is 0. The van der Waals surface area contributed by atoms with E-state index in [2.05, 4.69) is 15.1 Å². The molecule has 1 fully saturated rings. The zero-order valence-corrected chi connectivity index (χ0v) is 11.0. The largest absolute Gasteiger partial charge is 0.465 e. The van der Waals surface area contributed by atoms with E-state index in [9.17, 15) is 4.79 Å². The van der Waals surface area contributed by atoms with Crippen molar-refractivity contribution >= 4 is 23.6 Å². The number of piperazine rings is 1. The molecule has 0 radical (unpaired) electrons. The molecule has 0 spiro atoms. The van der Waals surface area contributed by atoms with Gasteiger partial charge in [0.2, 0.25) is 11.9 Å². The quantitative estimate of drug-likeness (QED) is 0.748. The Hall–Kier alpha value is -2.58. The molecule has 1 atom stereocenters. The van der Waals surface area contributed by atoms with Crippen LogP contribution in [0.15, 0.2) is 12.3 Å². The molecule has 20 heavy (non-hydrogen) atoms. The normalized spacial score (nSPS) is 19.6. The topological polar surface area (TPSA) is 113 Å². The maximum absolute atomic E-state index is 11.0. The monoisotopic (exact) mass is 277 g/mol. The number of rotatable bonds is 1. The van der Waals surface area contributed by atoms with E-state index in [-0.39, 0.29) is 12.0 Å². The van der Waals surface area contributed by atoms with E-state index >= 15 is 0 Å². The van der Waals surface area contributed by atoms with Crippen molar-refractivity contribution in [1.29, 1.82) is 0 Å². The average molecular weight is 277 g/mol. The lowest BCUT2D eigenvalue weighted by Crippen LogP contribution is -2.54. The third-order valence-electron chi connectivity index (χ3n) is 3.41. The summed E-state index contributed by atoms with van der Waals surface area (Å²) in [5.41, 5.74) is 6.34. The molecule has 1 amide bonds. The van der Waals surface area contributed by atoms with Gasteiger partial charge in [0.1, 0.15) is 0 Å². The van der Waals surface area contributed by atoms with Crippen molar-refractivity contribution in [3.63, 3.8) is 0 Å². The number of nitrogens with zero attached hydrogens (tertiary/aromatic N) is 6. The molecule has 3 heterocycles. The predicted molar refractivity (Wildman–Crippen MR) is 71.6 cm³/mol. The molecule has 0 bridgehead atoms. The second kappa shape index (κ2) is 4.51. The van der Waals surface area contributed by atoms with Crippen LogP contribution in [0.3, 0.4) is 0 Å². The molecule has 9 heteroatoms. The second-order valence-electron chi connectivity index (χ2n) is 4.75. The molecule has 0 aliphatic carbocycles. The van der Waals surface area contributed by atoms with E-state index in [4.69, 9.17) is 10.8 Å². The molecule has 0 aromatic carbocycles. The number of aromatic nitrogens is 4. The minimum Gasteiger partial charge on any atom is -0.465 e. The number of anilines is 2. The van der Waals surface area contributed by atoms with Gasteiger partial charge in [0.05, 0.1) is 6.20 Å². The van der Waals surface area contributed by atoms with Gasteiger partial charge < -0.3 is 20.6 Å². The summed E-state index contributed by atoms with van der Waals surface area (Å²) in [5.74, 6) is 0.774. The molecule has 1 aliphatic heterocycles. The molecule has 2 aromatic heterocycles. The highest BCUT2D eigenvalue weighted by Crippen LogP contribution is 2.19. The van der Waals surface area contributed by atoms with E-state index in [1.54, 1.807) is 16.8 Å². The molecule has 0 saturated carbocycles. The Balaban J connectivity index is 1.95. The zero-order valence-electron chi connectivity index (χ0n) is 11.0. The summed E-state index contributed by atoms with van der Waals surface area (Å²) >= 11 is 0. The van der Waals surface area contributed by atoms with Crippen LogP contribution in [0.2, 0.25) is 0 Å². The van der Waals surface area contributed by atoms with Crippen molar-refractivity contribution in [2.75, 3.05) is 30.3 Å². The Morgan fingerprint density at radius 2 is 2.25 bits per heavy atom. The maximum Gasteiger partial charge on any atom is 0.407 e. The highest BCUT2D eigenvalue weighted by atomic mass is 16.4. The molecule has 1 aliphatic rings. The highest BCUT2D eigenvalue weighted by molar-refractivity contribution is 5.65. The minimum absolute atomic E-state index is 0.0125. The van der Waals surface area contributed by atoms with Gasteiger partial charge in [-0.1, -0.05) is 0 Å². The molecule has 106 valence electrons. The number of carbonyl (C=O) groups is 1. The molecule has 3 rings (SSSR count). The number of carboxylic acid groups (broad SMARTS) is 1. The minimum atomic E-state index is -0.900. The molecule has 9 nitrogen and oxygen atoms in total. The Morgan fingerprint density at radius 3 is 2.95 bits per heavy atom. The van der Waals surface area contributed by atoms with Crippen LogP contribution in [0.1, 0.15) is 6.92 Å². The first-order valence-electron chi connectivity index (χ1n) is 6.28. The average Bonchev–Trinajstić information content (AvgIpc) is 2.85. The van der Waals surface area contributed by atoms with Crippen LogP contribution in [0.25, 0.3) is 5.65 Å². The number of fused-ring (bicyclic) bond motifs is 1. The van der Waals surface area contributed by atoms with Crippen LogP contribution >= 0.6 is 0 Å². The fourth-order valence-corrected chi connectivity index (χ4v) is 2.44. The number of hydrogen-bond donors (Lipinski definition) is 2. The molecular formula is C11H15N7O2. The van der Waals surface area contributed by atoms with E-state index in [0.29, 0.717) is 31.2 Å². The van der Waals surface area contributed by atoms with Gasteiger partial charge in [-0.2, -0.15) is 19.6 Å². The van der Waals surface area contributed by atoms with Crippen molar-refractivity contribution in [2.45, 2.75) is 13.0 Å². The first-order valence-corrected chi connectivity index (χ1v) is 6.28. The van der Waals surface area contributed by atoms with Crippen LogP contribution in [-0.2, 0) is 0 Å². The molecule has 2 aromatic rings. The van der Waals surface area contributed by atoms with Gasteiger partial charge >= 0.3 is 6.09 Å². The van der Waals surface area contributed by atoms with Crippen molar-refractivity contribution in [3.8, 4) is 0 Å². The lowest BCUT2D eigenvalue weighted by Gasteiger charge is -2.38. The first kappa shape index (κ1) is 12.5. The Bertz CT molecular complexity index is 655. The molecule has 3 N–H and O–H groups in total. The van der Waals surface area contributed by atoms with E-state index in [1.807, 2.05) is 11.8 Å². The fourth-order valence-electron chi connectivity index (χ4n) is 2.44. The van der Waals surface area contributed by atoms with E-state index in [1.165, 1.54) is 4.90 Å². The lowest BCUT2D eigenvalue weighted by atomic mass is 10.2. The standard InChI is InChI=1S/C11H15N7O2/c1-7-6-16(11(19)20)4-5-17(7)10-15-9(12)14-8-2-3-13-18(8)10/h2-3,7H,4-6H2,1H3,(H2,12,14)(H,19,20)/t7-/m0/s1. The van der Waals surface area contributed by atoms with Gasteiger partial charge in [0.15, 0.2) is 5.65 Å². The third kappa shape index (κ3) is 1.96. The third-order valence-corrected chi connectivity index (χ3v) is 3.41. The smallest absolute Gasteiger partial charge is 0.407 e. The SMILES string of the molecule is C[C@H]1CN(C(=O)O)CCN1c1nc(N)nc2ccnn12.